The Bertz CT molecular complexity index is 540. The first-order chi connectivity index (χ1) is 9.74. The summed E-state index contributed by atoms with van der Waals surface area (Å²) in [6.07, 6.45) is 0.860. The Morgan fingerprint density at radius 3 is 2.45 bits per heavy atom. The summed E-state index contributed by atoms with van der Waals surface area (Å²) < 4.78 is 0. The molecule has 0 fully saturated rings. The number of nitrogens with two attached hydrogens (primary N) is 1. The summed E-state index contributed by atoms with van der Waals surface area (Å²) in [7, 11) is 0. The molecule has 2 aromatic rings. The van der Waals surface area contributed by atoms with Crippen LogP contribution in [0, 0.1) is 0 Å². The minimum atomic E-state index is 0.0581. The van der Waals surface area contributed by atoms with Crippen molar-refractivity contribution < 1.29 is 4.79 Å². The number of carbonyl (C=O) groups excluding carboxylic acids is 1. The summed E-state index contributed by atoms with van der Waals surface area (Å²) in [6.45, 7) is 0.672. The lowest BCUT2D eigenvalue weighted by molar-refractivity contribution is -0.118. The highest BCUT2D eigenvalue weighted by Crippen LogP contribution is 2.18. The van der Waals surface area contributed by atoms with E-state index in [4.69, 9.17) is 5.73 Å². The monoisotopic (exact) mass is 286 g/mol. The summed E-state index contributed by atoms with van der Waals surface area (Å²) >= 11 is 1.52. The molecular formula is C16H18N2OS. The van der Waals surface area contributed by atoms with Gasteiger partial charge in [0.05, 0.1) is 5.75 Å². The molecule has 0 unspecified atom stereocenters. The number of rotatable bonds is 6. The molecule has 0 aromatic heterocycles. The van der Waals surface area contributed by atoms with Crippen molar-refractivity contribution in [2.45, 2.75) is 11.3 Å². The van der Waals surface area contributed by atoms with E-state index in [-0.39, 0.29) is 5.91 Å². The predicted octanol–water partition coefficient (Wildman–Crippen LogP) is 2.72. The van der Waals surface area contributed by atoms with Crippen molar-refractivity contribution in [3.8, 4) is 0 Å². The van der Waals surface area contributed by atoms with Crippen LogP contribution in [0.3, 0.4) is 0 Å². The van der Waals surface area contributed by atoms with Crippen molar-refractivity contribution in [1.29, 1.82) is 0 Å². The van der Waals surface area contributed by atoms with Gasteiger partial charge >= 0.3 is 0 Å². The van der Waals surface area contributed by atoms with Gasteiger partial charge in [0.15, 0.2) is 0 Å². The average molecular weight is 286 g/mol. The molecule has 104 valence electrons. The van der Waals surface area contributed by atoms with E-state index in [0.717, 1.165) is 17.0 Å². The SMILES string of the molecule is Nc1ccc(SCC(=O)NCCc2ccccc2)cc1. The second-order valence-corrected chi connectivity index (χ2v) is 5.49. The average Bonchev–Trinajstić information content (AvgIpc) is 2.48. The zero-order valence-electron chi connectivity index (χ0n) is 11.2. The Morgan fingerprint density at radius 1 is 1.05 bits per heavy atom. The summed E-state index contributed by atoms with van der Waals surface area (Å²) in [5.74, 6) is 0.487. The van der Waals surface area contributed by atoms with Crippen molar-refractivity contribution in [3.05, 3.63) is 60.2 Å². The van der Waals surface area contributed by atoms with Gasteiger partial charge in [0, 0.05) is 17.1 Å². The lowest BCUT2D eigenvalue weighted by Crippen LogP contribution is -2.27. The molecule has 0 aliphatic heterocycles. The van der Waals surface area contributed by atoms with Crippen LogP contribution in [-0.4, -0.2) is 18.2 Å². The topological polar surface area (TPSA) is 55.1 Å². The third-order valence-electron chi connectivity index (χ3n) is 2.83. The molecule has 2 rings (SSSR count). The standard InChI is InChI=1S/C16H18N2OS/c17-14-6-8-15(9-7-14)20-12-16(19)18-11-10-13-4-2-1-3-5-13/h1-9H,10-12,17H2,(H,18,19). The van der Waals surface area contributed by atoms with E-state index in [1.165, 1.54) is 17.3 Å². The van der Waals surface area contributed by atoms with Crippen molar-refractivity contribution in [2.75, 3.05) is 18.0 Å². The number of nitrogens with one attached hydrogen (secondary N) is 1. The Balaban J connectivity index is 1.67. The van der Waals surface area contributed by atoms with Gasteiger partial charge in [0.25, 0.3) is 0 Å². The second kappa shape index (κ2) is 7.60. The molecule has 0 bridgehead atoms. The molecule has 0 aliphatic carbocycles. The van der Waals surface area contributed by atoms with Gasteiger partial charge in [-0.05, 0) is 36.2 Å². The Kier molecular flexibility index (Phi) is 5.50. The summed E-state index contributed by atoms with van der Waals surface area (Å²) in [5, 5.41) is 2.93. The highest BCUT2D eigenvalue weighted by Gasteiger charge is 2.02. The van der Waals surface area contributed by atoms with Crippen LogP contribution in [0.2, 0.25) is 0 Å². The molecule has 0 atom stereocenters. The number of nitrogen functional groups attached to an aromatic ring is 1. The number of hydrogen-bond donors (Lipinski definition) is 2. The number of anilines is 1. The summed E-state index contributed by atoms with van der Waals surface area (Å²) in [5.41, 5.74) is 7.59. The fraction of sp³-hybridized carbons (Fsp3) is 0.188. The van der Waals surface area contributed by atoms with Gasteiger partial charge in [0.2, 0.25) is 5.91 Å². The maximum absolute atomic E-state index is 11.7. The van der Waals surface area contributed by atoms with Crippen molar-refractivity contribution in [3.63, 3.8) is 0 Å². The highest BCUT2D eigenvalue weighted by atomic mass is 32.2. The van der Waals surface area contributed by atoms with Crippen LogP contribution in [0.25, 0.3) is 0 Å². The molecule has 0 heterocycles. The van der Waals surface area contributed by atoms with Crippen molar-refractivity contribution in [2.24, 2.45) is 0 Å². The molecule has 4 heteroatoms. The van der Waals surface area contributed by atoms with E-state index >= 15 is 0 Å². The van der Waals surface area contributed by atoms with Crippen LogP contribution in [0.4, 0.5) is 5.69 Å². The maximum atomic E-state index is 11.7. The van der Waals surface area contributed by atoms with E-state index in [1.54, 1.807) is 0 Å². The van der Waals surface area contributed by atoms with Crippen molar-refractivity contribution >= 4 is 23.4 Å². The van der Waals surface area contributed by atoms with Gasteiger partial charge < -0.3 is 11.1 Å². The minimum absolute atomic E-state index is 0.0581. The van der Waals surface area contributed by atoms with E-state index in [0.29, 0.717) is 12.3 Å². The van der Waals surface area contributed by atoms with E-state index in [2.05, 4.69) is 17.4 Å². The van der Waals surface area contributed by atoms with Crippen LogP contribution in [0.15, 0.2) is 59.5 Å². The first-order valence-electron chi connectivity index (χ1n) is 6.53. The number of benzene rings is 2. The molecule has 3 N–H and O–H groups in total. The van der Waals surface area contributed by atoms with E-state index in [9.17, 15) is 4.79 Å². The van der Waals surface area contributed by atoms with Gasteiger partial charge in [-0.1, -0.05) is 30.3 Å². The van der Waals surface area contributed by atoms with Gasteiger partial charge in [-0.2, -0.15) is 0 Å². The minimum Gasteiger partial charge on any atom is -0.399 e. The number of thioether (sulfide) groups is 1. The Morgan fingerprint density at radius 2 is 1.75 bits per heavy atom. The van der Waals surface area contributed by atoms with Gasteiger partial charge in [-0.25, -0.2) is 0 Å². The highest BCUT2D eigenvalue weighted by molar-refractivity contribution is 8.00. The maximum Gasteiger partial charge on any atom is 0.230 e. The first-order valence-corrected chi connectivity index (χ1v) is 7.51. The van der Waals surface area contributed by atoms with Gasteiger partial charge in [-0.3, -0.25) is 4.79 Å². The molecule has 2 aromatic carbocycles. The van der Waals surface area contributed by atoms with Crippen molar-refractivity contribution in [1.82, 2.24) is 5.32 Å². The van der Waals surface area contributed by atoms with Crippen LogP contribution in [-0.2, 0) is 11.2 Å². The Hall–Kier alpha value is -1.94. The molecule has 0 saturated carbocycles. The second-order valence-electron chi connectivity index (χ2n) is 4.44. The Labute approximate surface area is 123 Å². The first kappa shape index (κ1) is 14.5. The quantitative estimate of drug-likeness (QED) is 0.634. The van der Waals surface area contributed by atoms with Crippen LogP contribution in [0.1, 0.15) is 5.56 Å². The number of hydrogen-bond acceptors (Lipinski definition) is 3. The van der Waals surface area contributed by atoms with Crippen LogP contribution < -0.4 is 11.1 Å². The number of carbonyl (C=O) groups is 1. The zero-order valence-corrected chi connectivity index (χ0v) is 12.0. The third kappa shape index (κ3) is 4.97. The predicted molar refractivity (Wildman–Crippen MR) is 84.7 cm³/mol. The molecule has 20 heavy (non-hydrogen) atoms. The summed E-state index contributed by atoms with van der Waals surface area (Å²) in [6, 6.07) is 17.7. The van der Waals surface area contributed by atoms with Crippen LogP contribution in [0.5, 0.6) is 0 Å². The molecule has 0 spiro atoms. The van der Waals surface area contributed by atoms with E-state index < -0.39 is 0 Å². The van der Waals surface area contributed by atoms with E-state index in [1.807, 2.05) is 42.5 Å². The molecule has 0 saturated heterocycles. The fourth-order valence-electron chi connectivity index (χ4n) is 1.75. The lowest BCUT2D eigenvalue weighted by atomic mass is 10.1. The van der Waals surface area contributed by atoms with Crippen LogP contribution >= 0.6 is 11.8 Å². The molecule has 3 nitrogen and oxygen atoms in total. The number of amides is 1. The normalized spacial score (nSPS) is 10.2. The zero-order chi connectivity index (χ0) is 14.2. The largest absolute Gasteiger partial charge is 0.399 e. The third-order valence-corrected chi connectivity index (χ3v) is 3.84. The molecule has 0 radical (unpaired) electrons. The fourth-order valence-corrected chi connectivity index (χ4v) is 2.48. The lowest BCUT2D eigenvalue weighted by Gasteiger charge is -2.05. The smallest absolute Gasteiger partial charge is 0.230 e. The molecule has 1 amide bonds. The van der Waals surface area contributed by atoms with Gasteiger partial charge in [0.1, 0.15) is 0 Å². The molecular weight excluding hydrogens is 268 g/mol. The summed E-state index contributed by atoms with van der Waals surface area (Å²) in [4.78, 5) is 12.8. The molecule has 0 aliphatic rings. The van der Waals surface area contributed by atoms with Gasteiger partial charge in [-0.15, -0.1) is 11.8 Å².